The van der Waals surface area contributed by atoms with Crippen LogP contribution in [0.3, 0.4) is 0 Å². The first-order valence-electron chi connectivity index (χ1n) is 8.45. The van der Waals surface area contributed by atoms with Gasteiger partial charge in [0, 0.05) is 27.7 Å². The van der Waals surface area contributed by atoms with Crippen molar-refractivity contribution < 1.29 is 4.39 Å². The van der Waals surface area contributed by atoms with Crippen LogP contribution in [0.25, 0.3) is 10.9 Å². The molecule has 6 heteroatoms. The van der Waals surface area contributed by atoms with E-state index < -0.39 is 0 Å². The normalized spacial score (nSPS) is 14.7. The van der Waals surface area contributed by atoms with Crippen molar-refractivity contribution in [1.29, 1.82) is 0 Å². The summed E-state index contributed by atoms with van der Waals surface area (Å²) in [6, 6.07) is 13.3. The highest BCUT2D eigenvalue weighted by Gasteiger charge is 2.20. The number of piperidine rings is 1. The molecule has 2 aromatic carbocycles. The Labute approximate surface area is 170 Å². The van der Waals surface area contributed by atoms with E-state index in [1.165, 1.54) is 22.5 Å². The van der Waals surface area contributed by atoms with Gasteiger partial charge in [0.25, 0.3) is 0 Å². The summed E-state index contributed by atoms with van der Waals surface area (Å²) < 4.78 is 16.4. The van der Waals surface area contributed by atoms with Crippen LogP contribution in [0.1, 0.15) is 29.9 Å². The fourth-order valence-electron chi connectivity index (χ4n) is 3.70. The standard InChI is InChI=1S/C20H20ClFN2.2ClH/c21-16-6-5-15(19(22)11-16)12-24-13-18(14-7-9-23-10-8-14)17-3-1-2-4-20(17)24;;/h1-6,11,13-14,23H,7-10,12H2;2*1H. The molecule has 0 bridgehead atoms. The molecule has 0 amide bonds. The van der Waals surface area contributed by atoms with Gasteiger partial charge in [-0.2, -0.15) is 0 Å². The molecular formula is C20H22Cl3FN2. The number of aromatic nitrogens is 1. The second kappa shape index (κ2) is 9.09. The lowest BCUT2D eigenvalue weighted by atomic mass is 9.90. The third-order valence-electron chi connectivity index (χ3n) is 4.95. The van der Waals surface area contributed by atoms with Gasteiger partial charge >= 0.3 is 0 Å². The number of fused-ring (bicyclic) bond motifs is 1. The zero-order chi connectivity index (χ0) is 16.5. The Morgan fingerprint density at radius 2 is 1.81 bits per heavy atom. The van der Waals surface area contributed by atoms with Crippen molar-refractivity contribution in [1.82, 2.24) is 9.88 Å². The lowest BCUT2D eigenvalue weighted by molar-refractivity contribution is 0.461. The van der Waals surface area contributed by atoms with E-state index in [-0.39, 0.29) is 30.6 Å². The molecule has 1 fully saturated rings. The predicted octanol–water partition coefficient (Wildman–Crippen LogP) is 5.79. The van der Waals surface area contributed by atoms with Crippen molar-refractivity contribution in [3.63, 3.8) is 0 Å². The maximum absolute atomic E-state index is 14.2. The molecular weight excluding hydrogens is 394 g/mol. The molecule has 1 aliphatic rings. The van der Waals surface area contributed by atoms with E-state index in [0.717, 1.165) is 25.9 Å². The average Bonchev–Trinajstić information content (AvgIpc) is 2.97. The smallest absolute Gasteiger partial charge is 0.129 e. The van der Waals surface area contributed by atoms with Gasteiger partial charge in [0.15, 0.2) is 0 Å². The molecule has 0 atom stereocenters. The van der Waals surface area contributed by atoms with Gasteiger partial charge in [0.1, 0.15) is 5.82 Å². The van der Waals surface area contributed by atoms with E-state index >= 15 is 0 Å². The molecule has 140 valence electrons. The molecule has 4 rings (SSSR count). The minimum absolute atomic E-state index is 0. The fraction of sp³-hybridized carbons (Fsp3) is 0.300. The van der Waals surface area contributed by atoms with E-state index in [1.54, 1.807) is 12.1 Å². The second-order valence-electron chi connectivity index (χ2n) is 6.49. The molecule has 0 aliphatic carbocycles. The first-order valence-corrected chi connectivity index (χ1v) is 8.82. The Hall–Kier alpha value is -1.26. The summed E-state index contributed by atoms with van der Waals surface area (Å²) in [7, 11) is 0. The van der Waals surface area contributed by atoms with Crippen molar-refractivity contribution in [3.05, 3.63) is 70.6 Å². The highest BCUT2D eigenvalue weighted by atomic mass is 35.5. The van der Waals surface area contributed by atoms with Gasteiger partial charge in [-0.1, -0.05) is 35.9 Å². The van der Waals surface area contributed by atoms with Crippen LogP contribution < -0.4 is 5.32 Å². The minimum Gasteiger partial charge on any atom is -0.343 e. The minimum atomic E-state index is -0.247. The SMILES string of the molecule is Cl.Cl.Fc1cc(Cl)ccc1Cn1cc(C2CCNCC2)c2ccccc21. The average molecular weight is 416 g/mol. The number of nitrogens with one attached hydrogen (secondary N) is 1. The number of para-hydroxylation sites is 1. The molecule has 26 heavy (non-hydrogen) atoms. The lowest BCUT2D eigenvalue weighted by Gasteiger charge is -2.22. The maximum atomic E-state index is 14.2. The Kier molecular flexibility index (Phi) is 7.36. The summed E-state index contributed by atoms with van der Waals surface area (Å²) in [5, 5.41) is 5.15. The number of nitrogens with zero attached hydrogens (tertiary/aromatic N) is 1. The zero-order valence-corrected chi connectivity index (χ0v) is 16.6. The first kappa shape index (κ1) is 21.0. The second-order valence-corrected chi connectivity index (χ2v) is 6.93. The molecule has 1 aliphatic heterocycles. The van der Waals surface area contributed by atoms with E-state index in [9.17, 15) is 4.39 Å². The van der Waals surface area contributed by atoms with Crippen LogP contribution >= 0.6 is 36.4 Å². The third kappa shape index (κ3) is 4.17. The van der Waals surface area contributed by atoms with E-state index in [1.807, 2.05) is 6.07 Å². The van der Waals surface area contributed by atoms with Gasteiger partial charge in [0.05, 0.1) is 6.54 Å². The molecule has 0 unspecified atom stereocenters. The van der Waals surface area contributed by atoms with Gasteiger partial charge in [-0.15, -0.1) is 24.8 Å². The molecule has 1 aromatic heterocycles. The Morgan fingerprint density at radius 3 is 2.54 bits per heavy atom. The topological polar surface area (TPSA) is 17.0 Å². The summed E-state index contributed by atoms with van der Waals surface area (Å²) in [5.41, 5.74) is 3.22. The van der Waals surface area contributed by atoms with Crippen molar-refractivity contribution in [3.8, 4) is 0 Å². The summed E-state index contributed by atoms with van der Waals surface area (Å²) in [5.74, 6) is 0.330. The largest absolute Gasteiger partial charge is 0.343 e. The zero-order valence-electron chi connectivity index (χ0n) is 14.3. The predicted molar refractivity (Wildman–Crippen MR) is 112 cm³/mol. The van der Waals surface area contributed by atoms with Crippen molar-refractivity contribution in [2.45, 2.75) is 25.3 Å². The maximum Gasteiger partial charge on any atom is 0.129 e. The van der Waals surface area contributed by atoms with Crippen LogP contribution in [0.15, 0.2) is 48.7 Å². The molecule has 1 N–H and O–H groups in total. The Morgan fingerprint density at radius 1 is 1.08 bits per heavy atom. The quantitative estimate of drug-likeness (QED) is 0.572. The molecule has 2 heterocycles. The number of hydrogen-bond acceptors (Lipinski definition) is 1. The number of hydrogen-bond donors (Lipinski definition) is 1. The highest BCUT2D eigenvalue weighted by Crippen LogP contribution is 2.33. The van der Waals surface area contributed by atoms with Gasteiger partial charge < -0.3 is 9.88 Å². The van der Waals surface area contributed by atoms with E-state index in [2.05, 4.69) is 34.3 Å². The van der Waals surface area contributed by atoms with Gasteiger partial charge in [-0.3, -0.25) is 0 Å². The van der Waals surface area contributed by atoms with Crippen LogP contribution in [0.4, 0.5) is 4.39 Å². The van der Waals surface area contributed by atoms with Gasteiger partial charge in [0.2, 0.25) is 0 Å². The van der Waals surface area contributed by atoms with Gasteiger partial charge in [-0.25, -0.2) is 4.39 Å². The summed E-state index contributed by atoms with van der Waals surface area (Å²) in [6.07, 6.45) is 4.53. The lowest BCUT2D eigenvalue weighted by Crippen LogP contribution is -2.26. The summed E-state index contributed by atoms with van der Waals surface area (Å²) in [4.78, 5) is 0. The van der Waals surface area contributed by atoms with Gasteiger partial charge in [-0.05, 0) is 55.6 Å². The first-order chi connectivity index (χ1) is 11.7. The summed E-state index contributed by atoms with van der Waals surface area (Å²) in [6.45, 7) is 2.65. The van der Waals surface area contributed by atoms with Crippen LogP contribution in [0.2, 0.25) is 5.02 Å². The molecule has 2 nitrogen and oxygen atoms in total. The van der Waals surface area contributed by atoms with Crippen LogP contribution in [0, 0.1) is 5.82 Å². The molecule has 0 radical (unpaired) electrons. The third-order valence-corrected chi connectivity index (χ3v) is 5.19. The highest BCUT2D eigenvalue weighted by molar-refractivity contribution is 6.30. The van der Waals surface area contributed by atoms with Crippen molar-refractivity contribution in [2.24, 2.45) is 0 Å². The Balaban J connectivity index is 0.00000121. The Bertz CT molecular complexity index is 873. The van der Waals surface area contributed by atoms with E-state index in [4.69, 9.17) is 11.6 Å². The van der Waals surface area contributed by atoms with E-state index in [0.29, 0.717) is 23.0 Å². The monoisotopic (exact) mass is 414 g/mol. The van der Waals surface area contributed by atoms with Crippen molar-refractivity contribution in [2.75, 3.05) is 13.1 Å². The summed E-state index contributed by atoms with van der Waals surface area (Å²) >= 11 is 5.87. The van der Waals surface area contributed by atoms with Crippen LogP contribution in [-0.2, 0) is 6.54 Å². The molecule has 1 saturated heterocycles. The fourth-order valence-corrected chi connectivity index (χ4v) is 3.86. The molecule has 0 spiro atoms. The number of halogens is 4. The number of benzene rings is 2. The van der Waals surface area contributed by atoms with Crippen LogP contribution in [0.5, 0.6) is 0 Å². The number of rotatable bonds is 3. The van der Waals surface area contributed by atoms with Crippen LogP contribution in [-0.4, -0.2) is 17.7 Å². The van der Waals surface area contributed by atoms with Crippen molar-refractivity contribution >= 4 is 47.3 Å². The molecule has 3 aromatic rings. The molecule has 0 saturated carbocycles.